The van der Waals surface area contributed by atoms with Gasteiger partial charge in [0.15, 0.2) is 11.6 Å². The van der Waals surface area contributed by atoms with E-state index >= 15 is 0 Å². The van der Waals surface area contributed by atoms with E-state index in [-0.39, 0.29) is 50.3 Å². The first-order valence-corrected chi connectivity index (χ1v) is 27.3. The van der Waals surface area contributed by atoms with Gasteiger partial charge >= 0.3 is 0 Å². The van der Waals surface area contributed by atoms with Gasteiger partial charge in [0, 0.05) is 83.0 Å². The second-order valence-electron chi connectivity index (χ2n) is 18.7. The molecule has 7 heterocycles. The maximum absolute atomic E-state index is 13.9. The molecule has 0 saturated carbocycles. The average Bonchev–Trinajstić information content (AvgIpc) is 4.09. The molecule has 18 nitrogen and oxygen atoms in total. The van der Waals surface area contributed by atoms with E-state index in [2.05, 4.69) is 67.0 Å². The molecule has 0 bridgehead atoms. The fourth-order valence-electron chi connectivity index (χ4n) is 9.37. The van der Waals surface area contributed by atoms with Gasteiger partial charge in [0.25, 0.3) is 5.91 Å². The second kappa shape index (κ2) is 23.9. The predicted molar refractivity (Wildman–Crippen MR) is 290 cm³/mol. The number of fused-ring (bicyclic) bond motifs is 6. The van der Waals surface area contributed by atoms with Gasteiger partial charge in [0.1, 0.15) is 33.7 Å². The number of aromatic nitrogens is 6. The van der Waals surface area contributed by atoms with Gasteiger partial charge in [-0.2, -0.15) is 0 Å². The summed E-state index contributed by atoms with van der Waals surface area (Å²) in [5.74, 6) is 1.93. The van der Waals surface area contributed by atoms with Gasteiger partial charge in [0.2, 0.25) is 11.8 Å². The van der Waals surface area contributed by atoms with Crippen LogP contribution in [0.4, 0.5) is 0 Å². The first-order chi connectivity index (χ1) is 35.7. The molecule has 74 heavy (non-hydrogen) atoms. The summed E-state index contributed by atoms with van der Waals surface area (Å²) in [5, 5.41) is 29.9. The standard InChI is InChI=1S/C52H61Cl2N13O5S2/c1-30-32(3)73-51-43(30)45(35-8-12-37(53)13-9-35)58-40(48-62-60-33(4)66(48)51)29-42(69)56-17-24-71-26-27-72-25-18-57-50(70)47-31(2)44-46(36-10-14-38(54)15-11-36)59-39(49-63-61-34(5)67(49)52(44)74-47)28-41(68)55-16-7-19-65-22-20-64(6)21-23-65/h8-15,39-40H,7,16-29H2,1-6H3,(H,55,68)(H,56,69)(H,57,70). The number of benzene rings is 2. The highest BCUT2D eigenvalue weighted by molar-refractivity contribution is 7.17. The summed E-state index contributed by atoms with van der Waals surface area (Å²) in [5.41, 5.74) is 6.78. The second-order valence-corrected chi connectivity index (χ2v) is 21.7. The minimum Gasteiger partial charge on any atom is -0.377 e. The molecule has 3 aliphatic heterocycles. The minimum atomic E-state index is -0.628. The van der Waals surface area contributed by atoms with Crippen molar-refractivity contribution in [2.75, 3.05) is 85.8 Å². The number of hydrogen-bond donors (Lipinski definition) is 3. The Morgan fingerprint density at radius 1 is 0.622 bits per heavy atom. The zero-order valence-corrected chi connectivity index (χ0v) is 45.6. The van der Waals surface area contributed by atoms with Crippen molar-refractivity contribution in [1.82, 2.24) is 55.3 Å². The highest BCUT2D eigenvalue weighted by atomic mass is 35.5. The lowest BCUT2D eigenvalue weighted by atomic mass is 9.99. The molecule has 2 unspecified atom stereocenters. The van der Waals surface area contributed by atoms with Crippen LogP contribution < -0.4 is 16.0 Å². The number of thiophene rings is 2. The summed E-state index contributed by atoms with van der Waals surface area (Å²) in [6.07, 6.45) is 1.01. The fraction of sp³-hybridized carbons (Fsp3) is 0.442. The summed E-state index contributed by atoms with van der Waals surface area (Å²) in [7, 11) is 2.14. The number of rotatable bonds is 20. The highest BCUT2D eigenvalue weighted by Crippen LogP contribution is 2.41. The van der Waals surface area contributed by atoms with Crippen LogP contribution >= 0.6 is 45.9 Å². The van der Waals surface area contributed by atoms with Crippen LogP contribution in [0.1, 0.15) is 103 Å². The molecule has 9 rings (SSSR count). The lowest BCUT2D eigenvalue weighted by Crippen LogP contribution is -2.45. The number of piperazine rings is 1. The predicted octanol–water partition coefficient (Wildman–Crippen LogP) is 6.72. The molecule has 3 N–H and O–H groups in total. The minimum absolute atomic E-state index is 0.0713. The quantitative estimate of drug-likeness (QED) is 0.0687. The maximum Gasteiger partial charge on any atom is 0.261 e. The molecule has 22 heteroatoms. The molecular formula is C52H61Cl2N13O5S2. The Morgan fingerprint density at radius 2 is 1.11 bits per heavy atom. The molecule has 1 fully saturated rings. The van der Waals surface area contributed by atoms with Crippen LogP contribution in [0.5, 0.6) is 0 Å². The van der Waals surface area contributed by atoms with Crippen LogP contribution in [0.15, 0.2) is 58.5 Å². The largest absolute Gasteiger partial charge is 0.377 e. The Labute approximate surface area is 448 Å². The third-order valence-corrected chi connectivity index (χ3v) is 16.5. The smallest absolute Gasteiger partial charge is 0.261 e. The van der Waals surface area contributed by atoms with E-state index < -0.39 is 12.1 Å². The molecule has 390 valence electrons. The van der Waals surface area contributed by atoms with Gasteiger partial charge in [-0.3, -0.25) is 33.5 Å². The van der Waals surface area contributed by atoms with E-state index in [0.717, 1.165) is 94.1 Å². The molecule has 0 spiro atoms. The summed E-state index contributed by atoms with van der Waals surface area (Å²) >= 11 is 15.6. The first-order valence-electron chi connectivity index (χ1n) is 24.9. The third-order valence-electron chi connectivity index (χ3n) is 13.5. The molecule has 3 amide bonds. The summed E-state index contributed by atoms with van der Waals surface area (Å²) < 4.78 is 15.5. The molecule has 2 atom stereocenters. The van der Waals surface area contributed by atoms with Crippen LogP contribution in [0.25, 0.3) is 10.0 Å². The highest BCUT2D eigenvalue weighted by Gasteiger charge is 2.35. The van der Waals surface area contributed by atoms with Crippen molar-refractivity contribution in [3.8, 4) is 10.0 Å². The Kier molecular flexibility index (Phi) is 17.1. The molecular weight excluding hydrogens is 1020 g/mol. The van der Waals surface area contributed by atoms with E-state index in [1.54, 1.807) is 23.5 Å². The van der Waals surface area contributed by atoms with Crippen molar-refractivity contribution in [1.29, 1.82) is 0 Å². The number of nitrogens with zero attached hydrogens (tertiary/aromatic N) is 10. The SMILES string of the molecule is Cc1sc2c(c1C)C(c1ccc(Cl)cc1)=NC(CC(=O)NCCOCCOCCNC(=O)c1sc3c(c1C)C(c1ccc(Cl)cc1)=NC(CC(=O)NCCCN1CCN(C)CC1)c1nnc(C)n1-3)c1nnc(C)n1-2. The van der Waals surface area contributed by atoms with Crippen molar-refractivity contribution < 1.29 is 23.9 Å². The van der Waals surface area contributed by atoms with E-state index in [1.165, 1.54) is 16.2 Å². The van der Waals surface area contributed by atoms with Crippen LogP contribution in [0.2, 0.25) is 10.0 Å². The Balaban J connectivity index is 0.759. The third kappa shape index (κ3) is 11.9. The van der Waals surface area contributed by atoms with Gasteiger partial charge in [-0.1, -0.05) is 47.5 Å². The number of halogens is 2. The van der Waals surface area contributed by atoms with Crippen molar-refractivity contribution in [3.05, 3.63) is 125 Å². The lowest BCUT2D eigenvalue weighted by Gasteiger charge is -2.32. The number of hydrogen-bond acceptors (Lipinski definition) is 15. The average molecular weight is 1080 g/mol. The number of likely N-dealkylation sites (N-methyl/N-ethyl adjacent to an activating group) is 1. The van der Waals surface area contributed by atoms with Crippen LogP contribution in [-0.4, -0.2) is 154 Å². The lowest BCUT2D eigenvalue weighted by molar-refractivity contribution is -0.122. The summed E-state index contributed by atoms with van der Waals surface area (Å²) in [6, 6.07) is 13.8. The number of ether oxygens (including phenoxy) is 2. The number of aliphatic imine (C=N–C) groups is 2. The number of carbonyl (C=O) groups is 3. The summed E-state index contributed by atoms with van der Waals surface area (Å²) in [4.78, 5) is 57.6. The van der Waals surface area contributed by atoms with Crippen LogP contribution in [-0.2, 0) is 19.1 Å². The van der Waals surface area contributed by atoms with Crippen molar-refractivity contribution in [2.45, 2.75) is 66.0 Å². The van der Waals surface area contributed by atoms with E-state index in [0.29, 0.717) is 64.4 Å². The van der Waals surface area contributed by atoms with E-state index in [1.807, 2.05) is 66.3 Å². The van der Waals surface area contributed by atoms with E-state index in [4.69, 9.17) is 42.7 Å². The number of amides is 3. The monoisotopic (exact) mass is 1080 g/mol. The fourth-order valence-corrected chi connectivity index (χ4v) is 12.1. The first kappa shape index (κ1) is 53.1. The zero-order valence-electron chi connectivity index (χ0n) is 42.5. The number of aryl methyl sites for hydroxylation is 3. The van der Waals surface area contributed by atoms with Crippen LogP contribution in [0, 0.1) is 34.6 Å². The molecule has 2 aromatic carbocycles. The number of nitrogens with one attached hydrogen (secondary N) is 3. The van der Waals surface area contributed by atoms with Crippen molar-refractivity contribution in [3.63, 3.8) is 0 Å². The normalized spacial score (nSPS) is 16.5. The van der Waals surface area contributed by atoms with Crippen molar-refractivity contribution >= 4 is 75.0 Å². The van der Waals surface area contributed by atoms with E-state index in [9.17, 15) is 14.4 Å². The van der Waals surface area contributed by atoms with Gasteiger partial charge < -0.3 is 35.2 Å². The van der Waals surface area contributed by atoms with Crippen LogP contribution in [0.3, 0.4) is 0 Å². The Bertz CT molecular complexity index is 3060. The summed E-state index contributed by atoms with van der Waals surface area (Å²) in [6.45, 7) is 17.2. The molecule has 3 aliphatic rings. The van der Waals surface area contributed by atoms with Gasteiger partial charge in [-0.05, 0) is 90.0 Å². The van der Waals surface area contributed by atoms with Gasteiger partial charge in [-0.25, -0.2) is 0 Å². The zero-order chi connectivity index (χ0) is 52.0. The van der Waals surface area contributed by atoms with Crippen molar-refractivity contribution in [2.24, 2.45) is 9.98 Å². The molecule has 0 aliphatic carbocycles. The topological polar surface area (TPSA) is 198 Å². The Morgan fingerprint density at radius 3 is 1.65 bits per heavy atom. The molecule has 1 saturated heterocycles. The molecule has 4 aromatic heterocycles. The number of carbonyl (C=O) groups excluding carboxylic acids is 3. The molecule has 6 aromatic rings. The maximum atomic E-state index is 13.9. The Hall–Kier alpha value is -5.71. The van der Waals surface area contributed by atoms with Gasteiger partial charge in [0.05, 0.1) is 55.6 Å². The van der Waals surface area contributed by atoms with Gasteiger partial charge in [-0.15, -0.1) is 43.1 Å². The molecule has 0 radical (unpaired) electrons.